The number of amides is 2. The SMILES string of the molecule is N#CC1(NC(=O)[C@H](CCC(F)(F)c2ccccn2)NC(=O)ON2CCC3(CC2)CC3)CC1. The van der Waals surface area contributed by atoms with Gasteiger partial charge in [-0.2, -0.15) is 14.0 Å². The maximum atomic E-state index is 14.6. The number of pyridine rings is 1. The second kappa shape index (κ2) is 8.62. The third-order valence-corrected chi connectivity index (χ3v) is 6.67. The summed E-state index contributed by atoms with van der Waals surface area (Å²) < 4.78 is 29.2. The van der Waals surface area contributed by atoms with E-state index in [2.05, 4.69) is 15.6 Å². The molecule has 0 aromatic carbocycles. The van der Waals surface area contributed by atoms with Crippen LogP contribution in [0.25, 0.3) is 0 Å². The first-order valence-electron chi connectivity index (χ1n) is 11.0. The first kappa shape index (κ1) is 22.4. The Morgan fingerprint density at radius 2 is 1.94 bits per heavy atom. The van der Waals surface area contributed by atoms with Crippen LogP contribution in [-0.2, 0) is 15.6 Å². The van der Waals surface area contributed by atoms with Crippen molar-refractivity contribution in [1.29, 1.82) is 5.26 Å². The third kappa shape index (κ3) is 5.33. The van der Waals surface area contributed by atoms with E-state index in [-0.39, 0.29) is 6.42 Å². The third-order valence-electron chi connectivity index (χ3n) is 6.67. The molecular weight excluding hydrogens is 420 g/mol. The van der Waals surface area contributed by atoms with E-state index in [0.717, 1.165) is 12.8 Å². The number of halogens is 2. The molecule has 32 heavy (non-hydrogen) atoms. The Labute approximate surface area is 185 Å². The molecule has 3 fully saturated rings. The molecule has 1 aliphatic heterocycles. The highest BCUT2D eigenvalue weighted by Gasteiger charge is 2.47. The molecule has 172 valence electrons. The highest BCUT2D eigenvalue weighted by molar-refractivity contribution is 5.86. The van der Waals surface area contributed by atoms with Gasteiger partial charge in [-0.05, 0) is 62.5 Å². The van der Waals surface area contributed by atoms with Crippen molar-refractivity contribution in [2.45, 2.75) is 68.9 Å². The van der Waals surface area contributed by atoms with Gasteiger partial charge in [0.05, 0.1) is 6.07 Å². The van der Waals surface area contributed by atoms with E-state index in [1.807, 2.05) is 6.07 Å². The summed E-state index contributed by atoms with van der Waals surface area (Å²) in [6.07, 6.45) is 4.68. The summed E-state index contributed by atoms with van der Waals surface area (Å²) >= 11 is 0. The molecule has 10 heteroatoms. The van der Waals surface area contributed by atoms with Crippen LogP contribution in [0.2, 0.25) is 0 Å². The van der Waals surface area contributed by atoms with Gasteiger partial charge in [-0.3, -0.25) is 9.78 Å². The monoisotopic (exact) mass is 447 g/mol. The predicted octanol–water partition coefficient (Wildman–Crippen LogP) is 3.01. The van der Waals surface area contributed by atoms with Gasteiger partial charge < -0.3 is 15.5 Å². The zero-order chi connectivity index (χ0) is 22.8. The fraction of sp³-hybridized carbons (Fsp3) is 0.636. The van der Waals surface area contributed by atoms with Gasteiger partial charge in [-0.25, -0.2) is 4.79 Å². The van der Waals surface area contributed by atoms with Crippen molar-refractivity contribution >= 4 is 12.0 Å². The quantitative estimate of drug-likeness (QED) is 0.634. The second-order valence-corrected chi connectivity index (χ2v) is 9.15. The van der Waals surface area contributed by atoms with Gasteiger partial charge in [0.15, 0.2) is 0 Å². The van der Waals surface area contributed by atoms with E-state index in [9.17, 15) is 23.6 Å². The van der Waals surface area contributed by atoms with Crippen LogP contribution < -0.4 is 10.6 Å². The Balaban J connectivity index is 1.36. The number of nitrogens with one attached hydrogen (secondary N) is 2. The molecular formula is C22H27F2N5O3. The lowest BCUT2D eigenvalue weighted by molar-refractivity contribution is -0.129. The Morgan fingerprint density at radius 3 is 2.50 bits per heavy atom. The smallest absolute Gasteiger partial charge is 0.351 e. The molecule has 0 unspecified atom stereocenters. The summed E-state index contributed by atoms with van der Waals surface area (Å²) in [5.74, 6) is -3.95. The van der Waals surface area contributed by atoms with E-state index < -0.39 is 41.6 Å². The number of nitrogens with zero attached hydrogens (tertiary/aromatic N) is 3. The molecule has 1 spiro atoms. The molecule has 1 saturated heterocycles. The Kier molecular flexibility index (Phi) is 6.03. The fourth-order valence-electron chi connectivity index (χ4n) is 4.03. The number of hydrogen-bond donors (Lipinski definition) is 2. The molecule has 8 nitrogen and oxygen atoms in total. The van der Waals surface area contributed by atoms with Crippen molar-refractivity contribution in [1.82, 2.24) is 20.7 Å². The number of aromatic nitrogens is 1. The standard InChI is InChI=1S/C22H27F2N5O3/c23-22(24,17-3-1-2-12-26-17)5-4-16(18(30)28-21(15-25)8-9-21)27-19(31)32-29-13-10-20(6-7-20)11-14-29/h1-3,12,16H,4-11,13-14H2,(H,27,31)(H,28,30)/t16-/m0/s1. The van der Waals surface area contributed by atoms with E-state index in [0.29, 0.717) is 31.3 Å². The molecule has 0 bridgehead atoms. The van der Waals surface area contributed by atoms with Crippen LogP contribution in [-0.4, -0.2) is 46.7 Å². The van der Waals surface area contributed by atoms with Gasteiger partial charge in [-0.15, -0.1) is 5.06 Å². The van der Waals surface area contributed by atoms with Crippen LogP contribution in [0, 0.1) is 16.7 Å². The van der Waals surface area contributed by atoms with Gasteiger partial charge in [0.2, 0.25) is 5.91 Å². The van der Waals surface area contributed by atoms with E-state index in [4.69, 9.17) is 4.84 Å². The topological polar surface area (TPSA) is 107 Å². The summed E-state index contributed by atoms with van der Waals surface area (Å²) in [5, 5.41) is 15.8. The molecule has 1 aromatic heterocycles. The maximum absolute atomic E-state index is 14.6. The van der Waals surface area contributed by atoms with E-state index in [1.54, 1.807) is 5.06 Å². The van der Waals surface area contributed by atoms with E-state index in [1.165, 1.54) is 37.2 Å². The van der Waals surface area contributed by atoms with E-state index >= 15 is 0 Å². The van der Waals surface area contributed by atoms with Crippen molar-refractivity contribution in [2.24, 2.45) is 5.41 Å². The fourth-order valence-corrected chi connectivity index (χ4v) is 4.03. The Morgan fingerprint density at radius 1 is 1.22 bits per heavy atom. The Hall–Kier alpha value is -2.80. The maximum Gasteiger partial charge on any atom is 0.426 e. The zero-order valence-electron chi connectivity index (χ0n) is 17.8. The summed E-state index contributed by atoms with van der Waals surface area (Å²) in [6, 6.07) is 4.98. The highest BCUT2D eigenvalue weighted by atomic mass is 19.3. The molecule has 2 amide bonds. The summed E-state index contributed by atoms with van der Waals surface area (Å²) in [5.41, 5.74) is -0.971. The first-order valence-corrected chi connectivity index (χ1v) is 11.0. The van der Waals surface area contributed by atoms with Crippen LogP contribution in [0.15, 0.2) is 24.4 Å². The van der Waals surface area contributed by atoms with Crippen molar-refractivity contribution < 1.29 is 23.2 Å². The number of nitriles is 1. The minimum Gasteiger partial charge on any atom is -0.351 e. The van der Waals surface area contributed by atoms with Crippen molar-refractivity contribution in [3.8, 4) is 6.07 Å². The molecule has 2 aliphatic carbocycles. The van der Waals surface area contributed by atoms with Gasteiger partial charge in [0.25, 0.3) is 5.92 Å². The van der Waals surface area contributed by atoms with Crippen LogP contribution in [0.5, 0.6) is 0 Å². The number of hydrogen-bond acceptors (Lipinski definition) is 6. The van der Waals surface area contributed by atoms with Crippen LogP contribution >= 0.6 is 0 Å². The number of piperidine rings is 1. The largest absolute Gasteiger partial charge is 0.426 e. The van der Waals surface area contributed by atoms with Crippen LogP contribution in [0.1, 0.15) is 57.1 Å². The number of carbonyl (C=O) groups excluding carboxylic acids is 2. The number of rotatable bonds is 8. The molecule has 1 aromatic rings. The van der Waals surface area contributed by atoms with Crippen LogP contribution in [0.4, 0.5) is 13.6 Å². The molecule has 4 rings (SSSR count). The Bertz CT molecular complexity index is 887. The van der Waals surface area contributed by atoms with Crippen molar-refractivity contribution in [3.05, 3.63) is 30.1 Å². The minimum atomic E-state index is -3.27. The minimum absolute atomic E-state index is 0.338. The van der Waals surface area contributed by atoms with Crippen molar-refractivity contribution in [2.75, 3.05) is 13.1 Å². The average Bonchev–Trinajstić information content (AvgIpc) is 3.72. The summed E-state index contributed by atoms with van der Waals surface area (Å²) in [4.78, 5) is 34.2. The average molecular weight is 447 g/mol. The molecule has 0 radical (unpaired) electrons. The lowest BCUT2D eigenvalue weighted by atomic mass is 9.95. The molecule has 2 N–H and O–H groups in total. The summed E-state index contributed by atoms with van der Waals surface area (Å²) in [7, 11) is 0. The predicted molar refractivity (Wildman–Crippen MR) is 109 cm³/mol. The second-order valence-electron chi connectivity index (χ2n) is 9.15. The molecule has 1 atom stereocenters. The van der Waals surface area contributed by atoms with Gasteiger partial charge >= 0.3 is 6.09 Å². The zero-order valence-corrected chi connectivity index (χ0v) is 17.8. The van der Waals surface area contributed by atoms with Gasteiger partial charge in [0, 0.05) is 25.7 Å². The highest BCUT2D eigenvalue weighted by Crippen LogP contribution is 2.53. The van der Waals surface area contributed by atoms with Crippen molar-refractivity contribution in [3.63, 3.8) is 0 Å². The van der Waals surface area contributed by atoms with Gasteiger partial charge in [0.1, 0.15) is 17.3 Å². The lowest BCUT2D eigenvalue weighted by Gasteiger charge is -2.31. The lowest BCUT2D eigenvalue weighted by Crippen LogP contribution is -2.51. The molecule has 2 saturated carbocycles. The molecule has 2 heterocycles. The van der Waals surface area contributed by atoms with Crippen LogP contribution in [0.3, 0.4) is 0 Å². The number of alkyl halides is 2. The van der Waals surface area contributed by atoms with Gasteiger partial charge in [-0.1, -0.05) is 6.07 Å². The number of hydroxylamine groups is 2. The molecule has 3 aliphatic rings. The first-order chi connectivity index (χ1) is 15.2. The normalized spacial score (nSPS) is 21.8. The number of carbonyl (C=O) groups is 2. The summed E-state index contributed by atoms with van der Waals surface area (Å²) in [6.45, 7) is 1.22.